The van der Waals surface area contributed by atoms with Gasteiger partial charge in [-0.15, -0.1) is 0 Å². The number of nitrogens with one attached hydrogen (secondary N) is 1. The van der Waals surface area contributed by atoms with Crippen LogP contribution in [0.3, 0.4) is 0 Å². The quantitative estimate of drug-likeness (QED) is 0.873. The number of carbonyl (C=O) groups is 2. The molecule has 0 radical (unpaired) electrons. The predicted octanol–water partition coefficient (Wildman–Crippen LogP) is 0.591. The molecule has 0 aliphatic carbocycles. The first kappa shape index (κ1) is 16.9. The minimum atomic E-state index is -0.0489. The van der Waals surface area contributed by atoms with Gasteiger partial charge in [-0.05, 0) is 25.0 Å². The summed E-state index contributed by atoms with van der Waals surface area (Å²) in [6, 6.07) is 3.60. The van der Waals surface area contributed by atoms with Crippen LogP contribution in [0.4, 0.5) is 5.69 Å². The molecule has 0 saturated carbocycles. The maximum absolute atomic E-state index is 12.5. The van der Waals surface area contributed by atoms with E-state index < -0.39 is 0 Å². The lowest BCUT2D eigenvalue weighted by Gasteiger charge is -2.36. The van der Waals surface area contributed by atoms with Gasteiger partial charge in [-0.25, -0.2) is 0 Å². The first-order valence-corrected chi connectivity index (χ1v) is 8.51. The van der Waals surface area contributed by atoms with E-state index in [-0.39, 0.29) is 17.7 Å². The Bertz CT molecular complexity index is 552. The molecule has 7 nitrogen and oxygen atoms in total. The summed E-state index contributed by atoms with van der Waals surface area (Å²) in [5, 5.41) is 2.84. The van der Waals surface area contributed by atoms with Gasteiger partial charge in [0.1, 0.15) is 0 Å². The Morgan fingerprint density at radius 3 is 2.62 bits per heavy atom. The van der Waals surface area contributed by atoms with E-state index in [0.29, 0.717) is 38.5 Å². The zero-order chi connectivity index (χ0) is 16.8. The second-order valence-corrected chi connectivity index (χ2v) is 6.28. The van der Waals surface area contributed by atoms with E-state index in [2.05, 4.69) is 15.2 Å². The second-order valence-electron chi connectivity index (χ2n) is 6.28. The fourth-order valence-electron chi connectivity index (χ4n) is 3.17. The first-order valence-electron chi connectivity index (χ1n) is 8.51. The van der Waals surface area contributed by atoms with Gasteiger partial charge in [-0.3, -0.25) is 19.5 Å². The number of piperazine rings is 1. The number of pyridine rings is 1. The number of anilines is 1. The Morgan fingerprint density at radius 2 is 1.96 bits per heavy atom. The van der Waals surface area contributed by atoms with E-state index in [1.54, 1.807) is 18.5 Å². The van der Waals surface area contributed by atoms with Gasteiger partial charge < -0.3 is 15.0 Å². The number of aromatic nitrogens is 1. The van der Waals surface area contributed by atoms with Crippen molar-refractivity contribution in [2.75, 3.05) is 51.3 Å². The van der Waals surface area contributed by atoms with Crippen LogP contribution in [0.2, 0.25) is 0 Å². The van der Waals surface area contributed by atoms with Crippen LogP contribution in [-0.4, -0.2) is 72.5 Å². The summed E-state index contributed by atoms with van der Waals surface area (Å²) in [4.78, 5) is 32.6. The van der Waals surface area contributed by atoms with Crippen LogP contribution in [-0.2, 0) is 14.3 Å². The molecule has 24 heavy (non-hydrogen) atoms. The average molecular weight is 332 g/mol. The van der Waals surface area contributed by atoms with Gasteiger partial charge in [0.15, 0.2) is 0 Å². The number of amides is 2. The molecular weight excluding hydrogens is 308 g/mol. The van der Waals surface area contributed by atoms with Crippen molar-refractivity contribution in [3.8, 4) is 0 Å². The van der Waals surface area contributed by atoms with Gasteiger partial charge in [-0.2, -0.15) is 0 Å². The third-order valence-corrected chi connectivity index (χ3v) is 4.57. The zero-order valence-electron chi connectivity index (χ0n) is 13.8. The van der Waals surface area contributed by atoms with E-state index >= 15 is 0 Å². The number of hydrogen-bond donors (Lipinski definition) is 1. The van der Waals surface area contributed by atoms with Gasteiger partial charge in [0.05, 0.1) is 18.4 Å². The molecule has 0 unspecified atom stereocenters. The predicted molar refractivity (Wildman–Crippen MR) is 89.4 cm³/mol. The van der Waals surface area contributed by atoms with E-state index in [4.69, 9.17) is 4.74 Å². The van der Waals surface area contributed by atoms with Crippen LogP contribution in [0.25, 0.3) is 0 Å². The molecule has 2 amide bonds. The lowest BCUT2D eigenvalue weighted by Crippen LogP contribution is -2.52. The maximum Gasteiger partial charge on any atom is 0.238 e. The van der Waals surface area contributed by atoms with Crippen LogP contribution in [0.15, 0.2) is 24.5 Å². The smallest absolute Gasteiger partial charge is 0.238 e. The number of rotatable bonds is 4. The average Bonchev–Trinajstić information content (AvgIpc) is 2.63. The van der Waals surface area contributed by atoms with Crippen LogP contribution >= 0.6 is 0 Å². The summed E-state index contributed by atoms with van der Waals surface area (Å²) in [7, 11) is 0. The fourth-order valence-corrected chi connectivity index (χ4v) is 3.17. The zero-order valence-corrected chi connectivity index (χ0v) is 13.8. The molecule has 2 saturated heterocycles. The summed E-state index contributed by atoms with van der Waals surface area (Å²) >= 11 is 0. The first-order chi connectivity index (χ1) is 11.7. The highest BCUT2D eigenvalue weighted by Gasteiger charge is 2.29. The largest absolute Gasteiger partial charge is 0.381 e. The molecule has 3 heterocycles. The second kappa shape index (κ2) is 8.21. The van der Waals surface area contributed by atoms with Gasteiger partial charge in [0.2, 0.25) is 11.8 Å². The summed E-state index contributed by atoms with van der Waals surface area (Å²) in [5.74, 6) is 0.309. The molecule has 2 aliphatic heterocycles. The van der Waals surface area contributed by atoms with Crippen LogP contribution in [0.1, 0.15) is 12.8 Å². The Labute approximate surface area is 142 Å². The molecule has 1 aromatic heterocycles. The molecule has 130 valence electrons. The molecule has 1 aromatic rings. The van der Waals surface area contributed by atoms with Crippen LogP contribution in [0, 0.1) is 5.92 Å². The van der Waals surface area contributed by atoms with Crippen LogP contribution in [0.5, 0.6) is 0 Å². The summed E-state index contributed by atoms with van der Waals surface area (Å²) < 4.78 is 5.32. The molecule has 2 fully saturated rings. The molecule has 0 spiro atoms. The SMILES string of the molecule is O=C(CN1CCN(C(=O)C2CCOCC2)CC1)Nc1cccnc1. The third-order valence-electron chi connectivity index (χ3n) is 4.57. The van der Waals surface area contributed by atoms with Crippen molar-refractivity contribution >= 4 is 17.5 Å². The number of ether oxygens (including phenoxy) is 1. The standard InChI is InChI=1S/C17H24N4O3/c22-16(19-15-2-1-5-18-12-15)13-20-6-8-21(9-7-20)17(23)14-3-10-24-11-4-14/h1-2,5,12,14H,3-4,6-11,13H2,(H,19,22). The highest BCUT2D eigenvalue weighted by Crippen LogP contribution is 2.18. The van der Waals surface area contributed by atoms with Crippen LogP contribution < -0.4 is 5.32 Å². The normalized spacial score (nSPS) is 19.9. The van der Waals surface area contributed by atoms with E-state index in [9.17, 15) is 9.59 Å². The Morgan fingerprint density at radius 1 is 1.21 bits per heavy atom. The van der Waals surface area contributed by atoms with Gasteiger partial charge in [0, 0.05) is 51.5 Å². The maximum atomic E-state index is 12.5. The highest BCUT2D eigenvalue weighted by atomic mass is 16.5. The molecule has 7 heteroatoms. The topological polar surface area (TPSA) is 74.8 Å². The van der Waals surface area contributed by atoms with E-state index in [0.717, 1.165) is 25.9 Å². The summed E-state index contributed by atoms with van der Waals surface area (Å²) in [6.07, 6.45) is 4.95. The Kier molecular flexibility index (Phi) is 5.77. The third kappa shape index (κ3) is 4.52. The van der Waals surface area contributed by atoms with Crippen molar-refractivity contribution in [2.24, 2.45) is 5.92 Å². The van der Waals surface area contributed by atoms with Gasteiger partial charge >= 0.3 is 0 Å². The molecular formula is C17H24N4O3. The molecule has 2 aliphatic rings. The molecule has 3 rings (SSSR count). The van der Waals surface area contributed by atoms with E-state index in [1.807, 2.05) is 11.0 Å². The lowest BCUT2D eigenvalue weighted by atomic mass is 9.98. The van der Waals surface area contributed by atoms with Crippen molar-refractivity contribution in [3.05, 3.63) is 24.5 Å². The summed E-state index contributed by atoms with van der Waals surface area (Å²) in [6.45, 7) is 4.56. The van der Waals surface area contributed by atoms with Crippen molar-refractivity contribution in [2.45, 2.75) is 12.8 Å². The minimum absolute atomic E-state index is 0.0489. The van der Waals surface area contributed by atoms with Crippen molar-refractivity contribution < 1.29 is 14.3 Å². The Hall–Kier alpha value is -1.99. The molecule has 0 bridgehead atoms. The van der Waals surface area contributed by atoms with Gasteiger partial charge in [0.25, 0.3) is 0 Å². The summed E-state index contributed by atoms with van der Waals surface area (Å²) in [5.41, 5.74) is 0.704. The molecule has 1 N–H and O–H groups in total. The Balaban J connectivity index is 1.41. The molecule has 0 aromatic carbocycles. The minimum Gasteiger partial charge on any atom is -0.381 e. The highest BCUT2D eigenvalue weighted by molar-refractivity contribution is 5.92. The molecule has 0 atom stereocenters. The fraction of sp³-hybridized carbons (Fsp3) is 0.588. The number of carbonyl (C=O) groups excluding carboxylic acids is 2. The monoisotopic (exact) mass is 332 g/mol. The number of hydrogen-bond acceptors (Lipinski definition) is 5. The van der Waals surface area contributed by atoms with Crippen molar-refractivity contribution in [1.82, 2.24) is 14.8 Å². The van der Waals surface area contributed by atoms with Crippen molar-refractivity contribution in [3.63, 3.8) is 0 Å². The lowest BCUT2D eigenvalue weighted by molar-refractivity contribution is -0.140. The van der Waals surface area contributed by atoms with Crippen molar-refractivity contribution in [1.29, 1.82) is 0 Å². The van der Waals surface area contributed by atoms with Gasteiger partial charge in [-0.1, -0.05) is 0 Å². The van der Waals surface area contributed by atoms with E-state index in [1.165, 1.54) is 0 Å². The number of nitrogens with zero attached hydrogens (tertiary/aromatic N) is 3.